The van der Waals surface area contributed by atoms with Crippen molar-refractivity contribution in [1.29, 1.82) is 0 Å². The van der Waals surface area contributed by atoms with Gasteiger partial charge >= 0.3 is 17.9 Å². The van der Waals surface area contributed by atoms with Gasteiger partial charge in [-0.1, -0.05) is 281 Å². The van der Waals surface area contributed by atoms with Crippen molar-refractivity contribution in [3.63, 3.8) is 0 Å². The Labute approximate surface area is 428 Å². The van der Waals surface area contributed by atoms with Crippen LogP contribution in [0.25, 0.3) is 0 Å². The largest absolute Gasteiger partial charge is 0.462 e. The van der Waals surface area contributed by atoms with E-state index in [1.165, 1.54) is 193 Å². The Kier molecular flexibility index (Phi) is 55.7. The van der Waals surface area contributed by atoms with Crippen LogP contribution in [-0.4, -0.2) is 37.2 Å². The zero-order valence-electron chi connectivity index (χ0n) is 46.1. The van der Waals surface area contributed by atoms with Crippen LogP contribution in [0.4, 0.5) is 0 Å². The van der Waals surface area contributed by atoms with Gasteiger partial charge in [-0.15, -0.1) is 0 Å². The summed E-state index contributed by atoms with van der Waals surface area (Å²) in [4.78, 5) is 38.1. The lowest BCUT2D eigenvalue weighted by Crippen LogP contribution is -2.30. The average molecular weight is 968 g/mol. The van der Waals surface area contributed by atoms with Gasteiger partial charge in [-0.2, -0.15) is 0 Å². The Bertz CT molecular complexity index is 1200. The van der Waals surface area contributed by atoms with Crippen molar-refractivity contribution in [2.45, 2.75) is 322 Å². The van der Waals surface area contributed by atoms with Crippen LogP contribution in [0.2, 0.25) is 0 Å². The molecule has 0 unspecified atom stereocenters. The molecule has 6 nitrogen and oxygen atoms in total. The lowest BCUT2D eigenvalue weighted by Gasteiger charge is -2.18. The van der Waals surface area contributed by atoms with E-state index in [0.29, 0.717) is 19.3 Å². The highest BCUT2D eigenvalue weighted by molar-refractivity contribution is 5.71. The molecule has 0 radical (unpaired) electrons. The minimum Gasteiger partial charge on any atom is -0.462 e. The number of unbranched alkanes of at least 4 members (excludes halogenated alkanes) is 36. The molecule has 0 aromatic rings. The van der Waals surface area contributed by atoms with Crippen molar-refractivity contribution in [2.24, 2.45) is 0 Å². The van der Waals surface area contributed by atoms with E-state index in [1.54, 1.807) is 0 Å². The zero-order chi connectivity index (χ0) is 50.0. The maximum absolute atomic E-state index is 12.9. The molecule has 69 heavy (non-hydrogen) atoms. The monoisotopic (exact) mass is 967 g/mol. The standard InChI is InChI=1S/C63H114O6/c1-4-7-10-13-16-19-22-24-26-28-30-31-33-35-37-39-42-45-48-51-54-57-63(66)69-60(58-67-61(64)55-52-49-46-43-40-21-18-15-12-9-6-3)59-68-62(65)56-53-50-47-44-41-38-36-34-32-29-27-25-23-20-17-14-11-8-5-2/h17,20,25,27,32,34,38,41,60H,4-16,18-19,21-24,26,28-31,33,35-37,39-40,42-59H2,1-3H3/b20-17-,27-25-,34-32-,41-38-/t60-/m0/s1. The second kappa shape index (κ2) is 57.9. The maximum atomic E-state index is 12.9. The summed E-state index contributed by atoms with van der Waals surface area (Å²) in [6.07, 6.45) is 71.1. The molecule has 0 aliphatic carbocycles. The van der Waals surface area contributed by atoms with Gasteiger partial charge in [0.2, 0.25) is 0 Å². The van der Waals surface area contributed by atoms with Gasteiger partial charge in [0.25, 0.3) is 0 Å². The van der Waals surface area contributed by atoms with Crippen LogP contribution >= 0.6 is 0 Å². The molecular weight excluding hydrogens is 853 g/mol. The quantitative estimate of drug-likeness (QED) is 0.0262. The fourth-order valence-corrected chi connectivity index (χ4v) is 8.78. The summed E-state index contributed by atoms with van der Waals surface area (Å²) >= 11 is 0. The first kappa shape index (κ1) is 66.4. The third-order valence-electron chi connectivity index (χ3n) is 13.3. The van der Waals surface area contributed by atoms with E-state index in [-0.39, 0.29) is 31.1 Å². The van der Waals surface area contributed by atoms with Gasteiger partial charge < -0.3 is 14.2 Å². The molecule has 402 valence electrons. The van der Waals surface area contributed by atoms with Gasteiger partial charge in [0.15, 0.2) is 6.10 Å². The van der Waals surface area contributed by atoms with Gasteiger partial charge in [0, 0.05) is 19.3 Å². The van der Waals surface area contributed by atoms with Crippen LogP contribution in [0.5, 0.6) is 0 Å². The van der Waals surface area contributed by atoms with Crippen LogP contribution in [-0.2, 0) is 28.6 Å². The summed E-state index contributed by atoms with van der Waals surface area (Å²) in [7, 11) is 0. The fraction of sp³-hybridized carbons (Fsp3) is 0.825. The van der Waals surface area contributed by atoms with E-state index in [4.69, 9.17) is 14.2 Å². The third-order valence-corrected chi connectivity index (χ3v) is 13.3. The molecule has 0 saturated heterocycles. The molecule has 0 fully saturated rings. The smallest absolute Gasteiger partial charge is 0.306 e. The number of carbonyl (C=O) groups is 3. The normalized spacial score (nSPS) is 12.3. The van der Waals surface area contributed by atoms with Gasteiger partial charge in [-0.25, -0.2) is 0 Å². The van der Waals surface area contributed by atoms with E-state index in [9.17, 15) is 14.4 Å². The van der Waals surface area contributed by atoms with E-state index in [2.05, 4.69) is 69.4 Å². The molecule has 0 aliphatic heterocycles. The Balaban J connectivity index is 4.33. The molecule has 0 amide bonds. The maximum Gasteiger partial charge on any atom is 0.306 e. The van der Waals surface area contributed by atoms with E-state index < -0.39 is 6.10 Å². The fourth-order valence-electron chi connectivity index (χ4n) is 8.78. The number of ether oxygens (including phenoxy) is 3. The van der Waals surface area contributed by atoms with Gasteiger partial charge in [-0.05, 0) is 64.2 Å². The summed E-state index contributed by atoms with van der Waals surface area (Å²) in [6, 6.07) is 0. The van der Waals surface area contributed by atoms with Crippen molar-refractivity contribution >= 4 is 17.9 Å². The molecule has 0 N–H and O–H groups in total. The molecule has 0 bridgehead atoms. The Morgan fingerprint density at radius 1 is 0.290 bits per heavy atom. The first-order valence-corrected chi connectivity index (χ1v) is 30.1. The lowest BCUT2D eigenvalue weighted by molar-refractivity contribution is -0.167. The van der Waals surface area contributed by atoms with Crippen LogP contribution < -0.4 is 0 Å². The number of allylic oxidation sites excluding steroid dienone is 8. The predicted molar refractivity (Wildman–Crippen MR) is 298 cm³/mol. The third kappa shape index (κ3) is 56.2. The first-order valence-electron chi connectivity index (χ1n) is 30.1. The van der Waals surface area contributed by atoms with E-state index in [0.717, 1.165) is 83.5 Å². The van der Waals surface area contributed by atoms with Crippen molar-refractivity contribution in [3.8, 4) is 0 Å². The minimum absolute atomic E-state index is 0.0791. The Morgan fingerprint density at radius 2 is 0.522 bits per heavy atom. The molecule has 0 aromatic heterocycles. The second-order valence-electron chi connectivity index (χ2n) is 20.3. The topological polar surface area (TPSA) is 78.9 Å². The highest BCUT2D eigenvalue weighted by atomic mass is 16.6. The first-order chi connectivity index (χ1) is 34.0. The molecule has 0 aromatic carbocycles. The zero-order valence-corrected chi connectivity index (χ0v) is 46.1. The summed E-state index contributed by atoms with van der Waals surface area (Å²) in [5.41, 5.74) is 0. The molecule has 0 spiro atoms. The summed E-state index contributed by atoms with van der Waals surface area (Å²) in [6.45, 7) is 6.62. The Hall–Kier alpha value is -2.63. The van der Waals surface area contributed by atoms with Crippen molar-refractivity contribution in [3.05, 3.63) is 48.6 Å². The molecule has 0 saturated carbocycles. The number of esters is 3. The molecule has 6 heteroatoms. The molecule has 0 aliphatic rings. The van der Waals surface area contributed by atoms with Crippen molar-refractivity contribution in [2.75, 3.05) is 13.2 Å². The highest BCUT2D eigenvalue weighted by Crippen LogP contribution is 2.17. The molecule has 0 heterocycles. The number of hydrogen-bond donors (Lipinski definition) is 0. The number of hydrogen-bond acceptors (Lipinski definition) is 6. The number of carbonyl (C=O) groups excluding carboxylic acids is 3. The molecule has 1 atom stereocenters. The Morgan fingerprint density at radius 3 is 0.841 bits per heavy atom. The summed E-state index contributed by atoms with van der Waals surface area (Å²) < 4.78 is 16.9. The predicted octanol–water partition coefficient (Wildman–Crippen LogP) is 20.2. The van der Waals surface area contributed by atoms with Crippen LogP contribution in [0.1, 0.15) is 316 Å². The van der Waals surface area contributed by atoms with Crippen molar-refractivity contribution < 1.29 is 28.6 Å². The van der Waals surface area contributed by atoms with Crippen LogP contribution in [0.15, 0.2) is 48.6 Å². The highest BCUT2D eigenvalue weighted by Gasteiger charge is 2.19. The lowest BCUT2D eigenvalue weighted by atomic mass is 10.0. The SMILES string of the molecule is CCCCC/C=C\C/C=C\C/C=C\C/C=C\CCCCCC(=O)OC[C@H](COC(=O)CCCCCCCCCCCCC)OC(=O)CCCCCCCCCCCCCCCCCCCCCCC. The number of rotatable bonds is 55. The second-order valence-corrected chi connectivity index (χ2v) is 20.3. The summed E-state index contributed by atoms with van der Waals surface area (Å²) in [5, 5.41) is 0. The minimum atomic E-state index is -0.782. The van der Waals surface area contributed by atoms with E-state index >= 15 is 0 Å². The van der Waals surface area contributed by atoms with Gasteiger partial charge in [-0.3, -0.25) is 14.4 Å². The van der Waals surface area contributed by atoms with Crippen molar-refractivity contribution in [1.82, 2.24) is 0 Å². The average Bonchev–Trinajstić information content (AvgIpc) is 3.35. The van der Waals surface area contributed by atoms with Crippen LogP contribution in [0, 0.1) is 0 Å². The van der Waals surface area contributed by atoms with Gasteiger partial charge in [0.05, 0.1) is 0 Å². The summed E-state index contributed by atoms with van der Waals surface area (Å²) in [5.74, 6) is -0.894. The molecular formula is C63H114O6. The van der Waals surface area contributed by atoms with Gasteiger partial charge in [0.1, 0.15) is 13.2 Å². The van der Waals surface area contributed by atoms with E-state index in [1.807, 2.05) is 0 Å². The van der Waals surface area contributed by atoms with Crippen LogP contribution in [0.3, 0.4) is 0 Å². The molecule has 0 rings (SSSR count).